The smallest absolute Gasteiger partial charge is 0.203 e. The molecule has 2 aromatic rings. The zero-order valence-corrected chi connectivity index (χ0v) is 11.5. The van der Waals surface area contributed by atoms with Crippen molar-refractivity contribution >= 4 is 33.2 Å². The number of nitrogens with one attached hydrogen (secondary N) is 1. The van der Waals surface area contributed by atoms with Crippen LogP contribution in [0.15, 0.2) is 28.3 Å². The van der Waals surface area contributed by atoms with Gasteiger partial charge in [0.15, 0.2) is 0 Å². The molecule has 0 atom stereocenters. The highest BCUT2D eigenvalue weighted by atomic mass is 79.9. The summed E-state index contributed by atoms with van der Waals surface area (Å²) in [6.07, 6.45) is 4.97. The van der Waals surface area contributed by atoms with E-state index >= 15 is 0 Å². The first-order valence-electron chi connectivity index (χ1n) is 5.29. The number of hydrogen-bond acceptors (Lipinski definition) is 3. The molecule has 0 aliphatic carbocycles. The van der Waals surface area contributed by atoms with Gasteiger partial charge in [-0.2, -0.15) is 0 Å². The molecule has 0 fully saturated rings. The number of halogens is 1. The minimum atomic E-state index is 0.830. The van der Waals surface area contributed by atoms with Crippen LogP contribution in [0.4, 0.5) is 5.95 Å². The topological polar surface area (TPSA) is 29.9 Å². The lowest BCUT2D eigenvalue weighted by molar-refractivity contribution is 0.682. The van der Waals surface area contributed by atoms with Crippen molar-refractivity contribution < 1.29 is 0 Å². The quantitative estimate of drug-likeness (QED) is 0.912. The number of aromatic nitrogens is 2. The molecule has 0 radical (unpaired) electrons. The predicted molar refractivity (Wildman–Crippen MR) is 71.9 cm³/mol. The van der Waals surface area contributed by atoms with Gasteiger partial charge < -0.3 is 9.88 Å². The lowest BCUT2D eigenvalue weighted by Crippen LogP contribution is -2.06. The Morgan fingerprint density at radius 2 is 2.38 bits per heavy atom. The van der Waals surface area contributed by atoms with Crippen molar-refractivity contribution in [2.45, 2.75) is 26.4 Å². The van der Waals surface area contributed by atoms with Crippen LogP contribution in [0.1, 0.15) is 18.2 Å². The normalized spacial score (nSPS) is 10.6. The Hall–Kier alpha value is -0.810. The summed E-state index contributed by atoms with van der Waals surface area (Å²) in [6.45, 7) is 4.01. The number of rotatable bonds is 5. The van der Waals surface area contributed by atoms with Gasteiger partial charge in [0.25, 0.3) is 0 Å². The van der Waals surface area contributed by atoms with Crippen LogP contribution >= 0.6 is 27.3 Å². The number of hydrogen-bond donors (Lipinski definition) is 1. The average Bonchev–Trinajstić information content (AvgIpc) is 2.85. The van der Waals surface area contributed by atoms with Crippen molar-refractivity contribution in [3.63, 3.8) is 0 Å². The van der Waals surface area contributed by atoms with Crippen LogP contribution in [0.5, 0.6) is 0 Å². The highest BCUT2D eigenvalue weighted by Gasteiger charge is 2.02. The molecular weight excluding hydrogens is 286 g/mol. The zero-order chi connectivity index (χ0) is 11.4. The van der Waals surface area contributed by atoms with Crippen molar-refractivity contribution in [3.05, 3.63) is 33.2 Å². The number of imidazole rings is 1. The molecule has 2 aromatic heterocycles. The van der Waals surface area contributed by atoms with E-state index in [1.807, 2.05) is 12.4 Å². The van der Waals surface area contributed by atoms with E-state index in [0.29, 0.717) is 0 Å². The van der Waals surface area contributed by atoms with Crippen LogP contribution in [0, 0.1) is 0 Å². The molecular formula is C11H14BrN3S. The van der Waals surface area contributed by atoms with Crippen molar-refractivity contribution in [1.82, 2.24) is 9.55 Å². The van der Waals surface area contributed by atoms with Crippen LogP contribution < -0.4 is 5.32 Å². The van der Waals surface area contributed by atoms with E-state index in [1.54, 1.807) is 11.3 Å². The van der Waals surface area contributed by atoms with Gasteiger partial charge in [0, 0.05) is 23.8 Å². The summed E-state index contributed by atoms with van der Waals surface area (Å²) < 4.78 is 3.31. The number of anilines is 1. The third-order valence-corrected chi connectivity index (χ3v) is 3.85. The van der Waals surface area contributed by atoms with Crippen molar-refractivity contribution in [2.24, 2.45) is 0 Å². The average molecular weight is 300 g/mol. The highest BCUT2D eigenvalue weighted by molar-refractivity contribution is 9.11. The Kier molecular flexibility index (Phi) is 4.01. The molecule has 2 rings (SSSR count). The SMILES string of the molecule is CCCn1ccnc1NCc1ccc(Br)s1. The molecule has 2 heterocycles. The zero-order valence-electron chi connectivity index (χ0n) is 9.11. The molecule has 0 aliphatic rings. The van der Waals surface area contributed by atoms with Crippen molar-refractivity contribution in [3.8, 4) is 0 Å². The minimum Gasteiger partial charge on any atom is -0.351 e. The van der Waals surface area contributed by atoms with Gasteiger partial charge in [0.05, 0.1) is 10.3 Å². The fourth-order valence-electron chi connectivity index (χ4n) is 1.51. The summed E-state index contributed by atoms with van der Waals surface area (Å²) in [5.74, 6) is 0.950. The Bertz CT molecular complexity index is 450. The standard InChI is InChI=1S/C11H14BrN3S/c1-2-6-15-7-5-13-11(15)14-8-9-3-4-10(12)16-9/h3-5,7H,2,6,8H2,1H3,(H,13,14). The van der Waals surface area contributed by atoms with Gasteiger partial charge in [-0.15, -0.1) is 11.3 Å². The first-order valence-corrected chi connectivity index (χ1v) is 6.89. The number of nitrogens with zero attached hydrogens (tertiary/aromatic N) is 2. The van der Waals surface area contributed by atoms with Gasteiger partial charge in [-0.1, -0.05) is 6.92 Å². The Balaban J connectivity index is 1.96. The maximum atomic E-state index is 4.30. The van der Waals surface area contributed by atoms with E-state index in [4.69, 9.17) is 0 Å². The van der Waals surface area contributed by atoms with Gasteiger partial charge in [-0.25, -0.2) is 4.98 Å². The van der Waals surface area contributed by atoms with E-state index < -0.39 is 0 Å². The van der Waals surface area contributed by atoms with Gasteiger partial charge in [-0.05, 0) is 34.5 Å². The van der Waals surface area contributed by atoms with Crippen LogP contribution in [0.25, 0.3) is 0 Å². The van der Waals surface area contributed by atoms with Crippen LogP contribution in [-0.4, -0.2) is 9.55 Å². The van der Waals surface area contributed by atoms with E-state index in [-0.39, 0.29) is 0 Å². The Labute approximate surface area is 108 Å². The Morgan fingerprint density at radius 3 is 3.06 bits per heavy atom. The number of aryl methyl sites for hydroxylation is 1. The third kappa shape index (κ3) is 2.86. The molecule has 86 valence electrons. The molecule has 0 amide bonds. The molecule has 0 spiro atoms. The van der Waals surface area contributed by atoms with Gasteiger partial charge in [-0.3, -0.25) is 0 Å². The summed E-state index contributed by atoms with van der Waals surface area (Å²) in [4.78, 5) is 5.61. The van der Waals surface area contributed by atoms with Crippen LogP contribution in [0.2, 0.25) is 0 Å². The Morgan fingerprint density at radius 1 is 1.50 bits per heavy atom. The monoisotopic (exact) mass is 299 g/mol. The third-order valence-electron chi connectivity index (χ3n) is 2.23. The summed E-state index contributed by atoms with van der Waals surface area (Å²) in [5.41, 5.74) is 0. The minimum absolute atomic E-state index is 0.830. The summed E-state index contributed by atoms with van der Waals surface area (Å²) in [6, 6.07) is 4.19. The second kappa shape index (κ2) is 5.50. The van der Waals surface area contributed by atoms with E-state index in [1.165, 1.54) is 8.66 Å². The van der Waals surface area contributed by atoms with E-state index in [2.05, 4.69) is 49.9 Å². The molecule has 5 heteroatoms. The molecule has 0 aliphatic heterocycles. The van der Waals surface area contributed by atoms with Crippen LogP contribution in [-0.2, 0) is 13.1 Å². The summed E-state index contributed by atoms with van der Waals surface area (Å²) in [7, 11) is 0. The van der Waals surface area contributed by atoms with Gasteiger partial charge in [0.1, 0.15) is 0 Å². The molecule has 1 N–H and O–H groups in total. The molecule has 0 bridgehead atoms. The summed E-state index contributed by atoms with van der Waals surface area (Å²) in [5, 5.41) is 3.35. The van der Waals surface area contributed by atoms with E-state index in [9.17, 15) is 0 Å². The van der Waals surface area contributed by atoms with Crippen molar-refractivity contribution in [2.75, 3.05) is 5.32 Å². The van der Waals surface area contributed by atoms with Crippen LogP contribution in [0.3, 0.4) is 0 Å². The first kappa shape index (κ1) is 11.7. The molecule has 16 heavy (non-hydrogen) atoms. The molecule has 0 saturated carbocycles. The lowest BCUT2D eigenvalue weighted by atomic mass is 10.4. The fraction of sp³-hybridized carbons (Fsp3) is 0.364. The maximum absolute atomic E-state index is 4.30. The van der Waals surface area contributed by atoms with Gasteiger partial charge >= 0.3 is 0 Å². The lowest BCUT2D eigenvalue weighted by Gasteiger charge is -2.07. The second-order valence-electron chi connectivity index (χ2n) is 3.50. The first-order chi connectivity index (χ1) is 7.79. The fourth-order valence-corrected chi connectivity index (χ4v) is 2.93. The molecule has 0 aromatic carbocycles. The second-order valence-corrected chi connectivity index (χ2v) is 6.05. The summed E-state index contributed by atoms with van der Waals surface area (Å²) >= 11 is 5.21. The molecule has 0 unspecified atom stereocenters. The molecule has 0 saturated heterocycles. The van der Waals surface area contributed by atoms with Crippen molar-refractivity contribution in [1.29, 1.82) is 0 Å². The van der Waals surface area contributed by atoms with E-state index in [0.717, 1.165) is 25.5 Å². The maximum Gasteiger partial charge on any atom is 0.203 e. The highest BCUT2D eigenvalue weighted by Crippen LogP contribution is 2.22. The largest absolute Gasteiger partial charge is 0.351 e. The number of thiophene rings is 1. The predicted octanol–water partition coefficient (Wildman–Crippen LogP) is 3.73. The molecule has 3 nitrogen and oxygen atoms in total. The van der Waals surface area contributed by atoms with Gasteiger partial charge in [0.2, 0.25) is 5.95 Å².